The average Bonchev–Trinajstić information content (AvgIpc) is 3.23. The fourth-order valence-electron chi connectivity index (χ4n) is 8.46. The molecule has 2 bridgehead atoms. The molecular formula is C30H32O3. The number of allylic oxidation sites excluding steroid dienone is 2. The van der Waals surface area contributed by atoms with E-state index in [-0.39, 0.29) is 28.6 Å². The lowest BCUT2D eigenvalue weighted by Gasteiger charge is -2.50. The van der Waals surface area contributed by atoms with Crippen molar-refractivity contribution in [2.75, 3.05) is 7.11 Å². The zero-order valence-electron chi connectivity index (χ0n) is 19.6. The van der Waals surface area contributed by atoms with Crippen LogP contribution in [0, 0.1) is 28.6 Å². The van der Waals surface area contributed by atoms with Crippen LogP contribution in [0.4, 0.5) is 0 Å². The van der Waals surface area contributed by atoms with Gasteiger partial charge in [0.1, 0.15) is 17.3 Å². The lowest BCUT2D eigenvalue weighted by Crippen LogP contribution is -2.50. The van der Waals surface area contributed by atoms with Gasteiger partial charge in [-0.1, -0.05) is 74.4 Å². The van der Waals surface area contributed by atoms with E-state index in [0.717, 1.165) is 37.0 Å². The normalized spacial score (nSPS) is 38.8. The number of carbonyl (C=O) groups excluding carboxylic acids is 2. The zero-order chi connectivity index (χ0) is 22.8. The molecule has 0 saturated heterocycles. The number of ether oxygens (including phenoxy) is 1. The summed E-state index contributed by atoms with van der Waals surface area (Å²) in [6, 6.07) is 18.5. The molecular weight excluding hydrogens is 408 g/mol. The second kappa shape index (κ2) is 7.16. The number of hydrogen-bond donors (Lipinski definition) is 0. The molecule has 0 heterocycles. The number of fused-ring (bicyclic) bond motifs is 2. The van der Waals surface area contributed by atoms with Crippen LogP contribution in [-0.2, 0) is 21.4 Å². The van der Waals surface area contributed by atoms with Crippen molar-refractivity contribution in [3.63, 3.8) is 0 Å². The highest BCUT2D eigenvalue weighted by Gasteiger charge is 2.79. The first-order valence-electron chi connectivity index (χ1n) is 12.4. The Labute approximate surface area is 196 Å². The van der Waals surface area contributed by atoms with Crippen LogP contribution in [-0.4, -0.2) is 18.7 Å². The molecule has 3 nitrogen and oxygen atoms in total. The molecule has 33 heavy (non-hydrogen) atoms. The van der Waals surface area contributed by atoms with E-state index in [0.29, 0.717) is 24.4 Å². The summed E-state index contributed by atoms with van der Waals surface area (Å²) in [5.41, 5.74) is 1.57. The molecule has 4 aliphatic carbocycles. The predicted octanol–water partition coefficient (Wildman–Crippen LogP) is 5.72. The molecule has 6 rings (SSSR count). The van der Waals surface area contributed by atoms with E-state index < -0.39 is 5.41 Å². The number of ketones is 2. The molecule has 0 aliphatic heterocycles. The van der Waals surface area contributed by atoms with Crippen molar-refractivity contribution in [2.45, 2.75) is 50.9 Å². The Bertz CT molecular complexity index is 1130. The van der Waals surface area contributed by atoms with Gasteiger partial charge < -0.3 is 4.74 Å². The van der Waals surface area contributed by atoms with Crippen molar-refractivity contribution >= 4 is 11.6 Å². The second-order valence-electron chi connectivity index (χ2n) is 10.9. The summed E-state index contributed by atoms with van der Waals surface area (Å²) in [6.45, 7) is 2.38. The van der Waals surface area contributed by atoms with E-state index in [1.807, 2.05) is 30.3 Å². The topological polar surface area (TPSA) is 43.4 Å². The van der Waals surface area contributed by atoms with Gasteiger partial charge in [-0.3, -0.25) is 9.59 Å². The molecule has 170 valence electrons. The average molecular weight is 441 g/mol. The predicted molar refractivity (Wildman–Crippen MR) is 128 cm³/mol. The summed E-state index contributed by atoms with van der Waals surface area (Å²) in [6.07, 6.45) is 10.1. The molecule has 4 aliphatic rings. The van der Waals surface area contributed by atoms with Crippen LogP contribution in [0.15, 0.2) is 66.7 Å². The van der Waals surface area contributed by atoms with Crippen molar-refractivity contribution in [3.8, 4) is 5.75 Å². The number of carbonyl (C=O) groups is 2. The molecule has 0 aromatic heterocycles. The van der Waals surface area contributed by atoms with Gasteiger partial charge in [0.25, 0.3) is 0 Å². The maximum absolute atomic E-state index is 14.3. The van der Waals surface area contributed by atoms with Gasteiger partial charge in [-0.05, 0) is 47.9 Å². The van der Waals surface area contributed by atoms with E-state index in [1.165, 1.54) is 5.56 Å². The lowest BCUT2D eigenvalue weighted by atomic mass is 9.52. The third kappa shape index (κ3) is 2.51. The Morgan fingerprint density at radius 1 is 0.909 bits per heavy atom. The first kappa shape index (κ1) is 20.9. The largest absolute Gasteiger partial charge is 0.497 e. The van der Waals surface area contributed by atoms with E-state index in [4.69, 9.17) is 4.74 Å². The molecule has 2 aromatic rings. The Morgan fingerprint density at radius 2 is 1.64 bits per heavy atom. The van der Waals surface area contributed by atoms with Gasteiger partial charge in [0.05, 0.1) is 7.11 Å². The van der Waals surface area contributed by atoms with Crippen LogP contribution >= 0.6 is 0 Å². The van der Waals surface area contributed by atoms with Gasteiger partial charge in [-0.25, -0.2) is 0 Å². The molecule has 2 aromatic carbocycles. The molecule has 3 fully saturated rings. The van der Waals surface area contributed by atoms with E-state index >= 15 is 0 Å². The fourth-order valence-corrected chi connectivity index (χ4v) is 8.46. The highest BCUT2D eigenvalue weighted by molar-refractivity contribution is 6.01. The van der Waals surface area contributed by atoms with E-state index in [9.17, 15) is 9.59 Å². The fraction of sp³-hybridized carbons (Fsp3) is 0.467. The summed E-state index contributed by atoms with van der Waals surface area (Å²) in [5.74, 6) is 0.751. The van der Waals surface area contributed by atoms with Gasteiger partial charge in [0.2, 0.25) is 0 Å². The van der Waals surface area contributed by atoms with E-state index in [1.54, 1.807) is 7.11 Å². The number of Topliss-reactive ketones (excluding diaryl/α,β-unsaturated/α-hetero) is 2. The highest BCUT2D eigenvalue weighted by Crippen LogP contribution is 2.79. The SMILES string of the molecule is COc1ccc([C@@]23C=C[C@@]4(CCCC[C@@]42C)[C@H]2C(=O)C[C@H](Cc4ccccc4)C(=O)[C@H]23)cc1. The van der Waals surface area contributed by atoms with Crippen molar-refractivity contribution in [3.05, 3.63) is 77.9 Å². The molecule has 6 atom stereocenters. The van der Waals surface area contributed by atoms with Crippen molar-refractivity contribution in [1.29, 1.82) is 0 Å². The number of hydrogen-bond acceptors (Lipinski definition) is 3. The van der Waals surface area contributed by atoms with Crippen LogP contribution in [0.2, 0.25) is 0 Å². The Hall–Kier alpha value is -2.68. The summed E-state index contributed by atoms with van der Waals surface area (Å²) < 4.78 is 5.43. The molecule has 0 amide bonds. The smallest absolute Gasteiger partial charge is 0.141 e. The van der Waals surface area contributed by atoms with Gasteiger partial charge in [-0.15, -0.1) is 0 Å². The summed E-state index contributed by atoms with van der Waals surface area (Å²) >= 11 is 0. The number of benzene rings is 2. The minimum absolute atomic E-state index is 0.116. The van der Waals surface area contributed by atoms with Crippen LogP contribution in [0.1, 0.15) is 50.2 Å². The van der Waals surface area contributed by atoms with Crippen molar-refractivity contribution < 1.29 is 14.3 Å². The van der Waals surface area contributed by atoms with Gasteiger partial charge >= 0.3 is 0 Å². The molecule has 0 N–H and O–H groups in total. The van der Waals surface area contributed by atoms with Gasteiger partial charge in [0.15, 0.2) is 0 Å². The third-order valence-corrected chi connectivity index (χ3v) is 9.88. The van der Waals surface area contributed by atoms with Gasteiger partial charge in [-0.2, -0.15) is 0 Å². The minimum Gasteiger partial charge on any atom is -0.497 e. The molecule has 3 saturated carbocycles. The Kier molecular flexibility index (Phi) is 4.53. The quantitative estimate of drug-likeness (QED) is 0.572. The first-order valence-corrected chi connectivity index (χ1v) is 12.4. The standard InChI is InChI=1S/C30H32O3/c1-28-14-6-7-15-29(28)16-17-30(28,22-10-12-23(33-2)13-11-22)26-25(29)24(31)19-21(27(26)32)18-20-8-4-3-5-9-20/h3-5,8-13,16-17,21,25-26H,6-7,14-15,18-19H2,1-2H3/t21-,25-,26-,28-,29-,30+/m0/s1. The third-order valence-electron chi connectivity index (χ3n) is 9.88. The molecule has 3 heteroatoms. The highest BCUT2D eigenvalue weighted by atomic mass is 16.5. The second-order valence-corrected chi connectivity index (χ2v) is 10.9. The lowest BCUT2D eigenvalue weighted by molar-refractivity contribution is -0.145. The van der Waals surface area contributed by atoms with Crippen molar-refractivity contribution in [1.82, 2.24) is 0 Å². The monoisotopic (exact) mass is 440 g/mol. The van der Waals surface area contributed by atoms with Crippen molar-refractivity contribution in [2.24, 2.45) is 28.6 Å². The maximum atomic E-state index is 14.3. The molecule has 0 radical (unpaired) electrons. The van der Waals surface area contributed by atoms with E-state index in [2.05, 4.69) is 43.3 Å². The van der Waals surface area contributed by atoms with Gasteiger partial charge in [0, 0.05) is 35.0 Å². The van der Waals surface area contributed by atoms with Crippen LogP contribution in [0.3, 0.4) is 0 Å². The zero-order valence-corrected chi connectivity index (χ0v) is 19.6. The Balaban J connectivity index is 1.50. The number of rotatable bonds is 4. The maximum Gasteiger partial charge on any atom is 0.141 e. The summed E-state index contributed by atoms with van der Waals surface area (Å²) in [4.78, 5) is 28.2. The van der Waals surface area contributed by atoms with Crippen LogP contribution < -0.4 is 4.74 Å². The molecule has 0 unspecified atom stereocenters. The number of methoxy groups -OCH3 is 1. The first-order chi connectivity index (χ1) is 16.0. The Morgan fingerprint density at radius 3 is 2.36 bits per heavy atom. The summed E-state index contributed by atoms with van der Waals surface area (Å²) in [7, 11) is 1.68. The summed E-state index contributed by atoms with van der Waals surface area (Å²) in [5, 5.41) is 0. The van der Waals surface area contributed by atoms with Crippen LogP contribution in [0.5, 0.6) is 5.75 Å². The molecule has 0 spiro atoms. The minimum atomic E-state index is -0.424. The van der Waals surface area contributed by atoms with Crippen LogP contribution in [0.25, 0.3) is 0 Å².